The molecule has 2 aliphatic rings. The summed E-state index contributed by atoms with van der Waals surface area (Å²) in [4.78, 5) is 4.05. The van der Waals surface area contributed by atoms with Crippen LogP contribution in [0.1, 0.15) is 44.9 Å². The second-order valence-electron chi connectivity index (χ2n) is 5.71. The zero-order valence-corrected chi connectivity index (χ0v) is 11.6. The number of ether oxygens (including phenoxy) is 1. The average molecular weight is 265 g/mol. The van der Waals surface area contributed by atoms with Crippen molar-refractivity contribution in [3.63, 3.8) is 0 Å². The molecule has 19 heavy (non-hydrogen) atoms. The van der Waals surface area contributed by atoms with Gasteiger partial charge in [0.2, 0.25) is 5.89 Å². The molecule has 2 fully saturated rings. The van der Waals surface area contributed by atoms with Gasteiger partial charge in [-0.1, -0.05) is 18.0 Å². The molecular formula is C14H23N3O2. The maximum atomic E-state index is 5.92. The first-order chi connectivity index (χ1) is 9.35. The first kappa shape index (κ1) is 13.1. The van der Waals surface area contributed by atoms with Gasteiger partial charge in [-0.05, 0) is 26.2 Å². The first-order valence-electron chi connectivity index (χ1n) is 7.45. The zero-order valence-electron chi connectivity index (χ0n) is 11.6. The molecule has 1 aromatic rings. The molecule has 1 N–H and O–H groups in total. The number of rotatable bonds is 6. The number of hydrogen-bond donors (Lipinski definition) is 1. The van der Waals surface area contributed by atoms with E-state index >= 15 is 0 Å². The van der Waals surface area contributed by atoms with Crippen LogP contribution in [0.15, 0.2) is 10.9 Å². The molecule has 0 amide bonds. The molecule has 1 spiro atoms. The van der Waals surface area contributed by atoms with Gasteiger partial charge in [0.1, 0.15) is 0 Å². The van der Waals surface area contributed by atoms with Crippen molar-refractivity contribution in [1.82, 2.24) is 15.5 Å². The molecular weight excluding hydrogens is 242 g/mol. The third-order valence-corrected chi connectivity index (χ3v) is 4.82. The Hall–Kier alpha value is -0.940. The molecule has 2 aliphatic carbocycles. The molecule has 0 radical (unpaired) electrons. The molecule has 2 atom stereocenters. The van der Waals surface area contributed by atoms with Crippen molar-refractivity contribution in [1.29, 1.82) is 0 Å². The van der Waals surface area contributed by atoms with E-state index < -0.39 is 0 Å². The largest absolute Gasteiger partial charge is 0.378 e. The minimum absolute atomic E-state index is 0.408. The molecule has 106 valence electrons. The lowest BCUT2D eigenvalue weighted by molar-refractivity contribution is -0.130. The quantitative estimate of drug-likeness (QED) is 0.851. The van der Waals surface area contributed by atoms with Gasteiger partial charge in [-0.2, -0.15) is 4.98 Å². The molecule has 1 aromatic heterocycles. The SMILES string of the molecule is CCOC1CC(NCCc2ncno2)C12CCCC2. The van der Waals surface area contributed by atoms with E-state index in [2.05, 4.69) is 22.4 Å². The van der Waals surface area contributed by atoms with Crippen LogP contribution < -0.4 is 5.32 Å². The minimum Gasteiger partial charge on any atom is -0.378 e. The van der Waals surface area contributed by atoms with Gasteiger partial charge >= 0.3 is 0 Å². The second kappa shape index (κ2) is 5.59. The Balaban J connectivity index is 1.51. The van der Waals surface area contributed by atoms with Crippen LogP contribution in [0.25, 0.3) is 0 Å². The topological polar surface area (TPSA) is 60.2 Å². The fraction of sp³-hybridized carbons (Fsp3) is 0.857. The summed E-state index contributed by atoms with van der Waals surface area (Å²) in [6.45, 7) is 3.84. The lowest BCUT2D eigenvalue weighted by Crippen LogP contribution is -2.62. The molecule has 0 bridgehead atoms. The second-order valence-corrected chi connectivity index (χ2v) is 5.71. The van der Waals surface area contributed by atoms with Crippen LogP contribution in [-0.4, -0.2) is 35.4 Å². The maximum Gasteiger partial charge on any atom is 0.227 e. The van der Waals surface area contributed by atoms with Gasteiger partial charge in [-0.25, -0.2) is 0 Å². The van der Waals surface area contributed by atoms with Crippen molar-refractivity contribution in [2.45, 2.75) is 57.6 Å². The van der Waals surface area contributed by atoms with Gasteiger partial charge in [0.05, 0.1) is 6.10 Å². The van der Waals surface area contributed by atoms with Gasteiger partial charge in [0.25, 0.3) is 0 Å². The Morgan fingerprint density at radius 2 is 2.32 bits per heavy atom. The highest BCUT2D eigenvalue weighted by Crippen LogP contribution is 2.54. The predicted molar refractivity (Wildman–Crippen MR) is 70.7 cm³/mol. The zero-order chi connectivity index (χ0) is 13.1. The third kappa shape index (κ3) is 2.41. The smallest absolute Gasteiger partial charge is 0.227 e. The van der Waals surface area contributed by atoms with E-state index in [1.54, 1.807) is 0 Å². The van der Waals surface area contributed by atoms with Crippen LogP contribution in [-0.2, 0) is 11.2 Å². The van der Waals surface area contributed by atoms with Crippen molar-refractivity contribution in [2.24, 2.45) is 5.41 Å². The highest BCUT2D eigenvalue weighted by atomic mass is 16.5. The fourth-order valence-corrected chi connectivity index (χ4v) is 3.83. The normalized spacial score (nSPS) is 28.7. The van der Waals surface area contributed by atoms with E-state index in [4.69, 9.17) is 9.26 Å². The molecule has 1 heterocycles. The molecule has 0 aromatic carbocycles. The Morgan fingerprint density at radius 3 is 3.00 bits per heavy atom. The van der Waals surface area contributed by atoms with Gasteiger partial charge in [0.15, 0.2) is 6.33 Å². The number of hydrogen-bond acceptors (Lipinski definition) is 5. The van der Waals surface area contributed by atoms with Gasteiger partial charge in [-0.3, -0.25) is 0 Å². The summed E-state index contributed by atoms with van der Waals surface area (Å²) in [5.41, 5.74) is 0.408. The van der Waals surface area contributed by atoms with Gasteiger partial charge in [0, 0.05) is 31.0 Å². The van der Waals surface area contributed by atoms with Crippen LogP contribution in [0.4, 0.5) is 0 Å². The van der Waals surface area contributed by atoms with E-state index in [1.807, 2.05) is 0 Å². The molecule has 3 rings (SSSR count). The summed E-state index contributed by atoms with van der Waals surface area (Å²) in [7, 11) is 0. The number of aromatic nitrogens is 2. The predicted octanol–water partition coefficient (Wildman–Crippen LogP) is 1.94. The Morgan fingerprint density at radius 1 is 1.47 bits per heavy atom. The van der Waals surface area contributed by atoms with Gasteiger partial charge < -0.3 is 14.6 Å². The maximum absolute atomic E-state index is 5.92. The molecule has 2 unspecified atom stereocenters. The average Bonchev–Trinajstić information content (AvgIpc) is 3.09. The van der Waals surface area contributed by atoms with Crippen molar-refractivity contribution >= 4 is 0 Å². The van der Waals surface area contributed by atoms with Crippen LogP contribution in [0.3, 0.4) is 0 Å². The van der Waals surface area contributed by atoms with Crippen molar-refractivity contribution in [3.8, 4) is 0 Å². The standard InChI is InChI=1S/C14H23N3O2/c1-2-18-12-9-11(14(12)6-3-4-7-14)15-8-5-13-16-10-17-19-13/h10-12,15H,2-9H2,1H3. The first-order valence-corrected chi connectivity index (χ1v) is 7.45. The van der Waals surface area contributed by atoms with Crippen LogP contribution in [0.5, 0.6) is 0 Å². The molecule has 0 aliphatic heterocycles. The number of nitrogens with one attached hydrogen (secondary N) is 1. The summed E-state index contributed by atoms with van der Waals surface area (Å²) < 4.78 is 10.9. The van der Waals surface area contributed by atoms with Crippen LogP contribution in [0, 0.1) is 5.41 Å². The van der Waals surface area contributed by atoms with Crippen LogP contribution in [0.2, 0.25) is 0 Å². The summed E-state index contributed by atoms with van der Waals surface area (Å²) in [6, 6.07) is 0.606. The minimum atomic E-state index is 0.408. The summed E-state index contributed by atoms with van der Waals surface area (Å²) in [5.74, 6) is 0.716. The lowest BCUT2D eigenvalue weighted by Gasteiger charge is -2.54. The molecule has 5 heteroatoms. The van der Waals surface area contributed by atoms with E-state index in [0.29, 0.717) is 23.5 Å². The van der Waals surface area contributed by atoms with Crippen molar-refractivity contribution in [2.75, 3.05) is 13.2 Å². The Labute approximate surface area is 114 Å². The number of nitrogens with zero attached hydrogens (tertiary/aromatic N) is 2. The summed E-state index contributed by atoms with van der Waals surface area (Å²) >= 11 is 0. The van der Waals surface area contributed by atoms with Gasteiger partial charge in [-0.15, -0.1) is 0 Å². The van der Waals surface area contributed by atoms with E-state index in [-0.39, 0.29) is 0 Å². The molecule has 2 saturated carbocycles. The van der Waals surface area contributed by atoms with Crippen LogP contribution >= 0.6 is 0 Å². The third-order valence-electron chi connectivity index (χ3n) is 4.82. The monoisotopic (exact) mass is 265 g/mol. The van der Waals surface area contributed by atoms with E-state index in [1.165, 1.54) is 32.0 Å². The van der Waals surface area contributed by atoms with Crippen molar-refractivity contribution < 1.29 is 9.26 Å². The van der Waals surface area contributed by atoms with Crippen molar-refractivity contribution in [3.05, 3.63) is 12.2 Å². The molecule has 5 nitrogen and oxygen atoms in total. The Bertz CT molecular complexity index is 387. The summed E-state index contributed by atoms with van der Waals surface area (Å²) in [5, 5.41) is 7.30. The highest BCUT2D eigenvalue weighted by Gasteiger charge is 2.56. The van der Waals surface area contributed by atoms with E-state index in [0.717, 1.165) is 26.0 Å². The lowest BCUT2D eigenvalue weighted by atomic mass is 9.60. The van der Waals surface area contributed by atoms with E-state index in [9.17, 15) is 0 Å². The summed E-state index contributed by atoms with van der Waals surface area (Å²) in [6.07, 6.45) is 9.23. The Kier molecular flexibility index (Phi) is 3.84. The highest BCUT2D eigenvalue weighted by molar-refractivity contribution is 5.10. The molecule has 0 saturated heterocycles. The fourth-order valence-electron chi connectivity index (χ4n) is 3.83.